The van der Waals surface area contributed by atoms with Crippen molar-refractivity contribution < 1.29 is 0 Å². The smallest absolute Gasteiger partial charge is 0.0372 e. The molecule has 0 amide bonds. The van der Waals surface area contributed by atoms with E-state index in [0.29, 0.717) is 5.92 Å². The third-order valence-corrected chi connectivity index (χ3v) is 4.33. The van der Waals surface area contributed by atoms with E-state index in [1.165, 1.54) is 28.9 Å². The molecule has 1 N–H and O–H groups in total. The van der Waals surface area contributed by atoms with Gasteiger partial charge in [-0.3, -0.25) is 0 Å². The van der Waals surface area contributed by atoms with Gasteiger partial charge in [0.1, 0.15) is 0 Å². The highest BCUT2D eigenvalue weighted by molar-refractivity contribution is 5.54. The van der Waals surface area contributed by atoms with Crippen molar-refractivity contribution in [2.45, 2.75) is 20.3 Å². The van der Waals surface area contributed by atoms with Crippen LogP contribution in [0.5, 0.6) is 0 Å². The van der Waals surface area contributed by atoms with Crippen molar-refractivity contribution in [2.75, 3.05) is 29.9 Å². The van der Waals surface area contributed by atoms with E-state index in [4.69, 9.17) is 0 Å². The van der Waals surface area contributed by atoms with Crippen molar-refractivity contribution in [3.05, 3.63) is 59.7 Å². The molecular weight excluding hydrogens is 256 g/mol. The van der Waals surface area contributed by atoms with E-state index < -0.39 is 0 Å². The molecule has 0 fully saturated rings. The van der Waals surface area contributed by atoms with E-state index in [2.05, 4.69) is 72.6 Å². The molecule has 0 aromatic heterocycles. The zero-order valence-corrected chi connectivity index (χ0v) is 13.0. The van der Waals surface area contributed by atoms with Gasteiger partial charge in [-0.15, -0.1) is 0 Å². The van der Waals surface area contributed by atoms with Crippen LogP contribution < -0.4 is 10.2 Å². The fourth-order valence-electron chi connectivity index (χ4n) is 3.19. The van der Waals surface area contributed by atoms with E-state index in [9.17, 15) is 0 Å². The summed E-state index contributed by atoms with van der Waals surface area (Å²) in [5, 5.41) is 3.58. The lowest BCUT2D eigenvalue weighted by Gasteiger charge is -2.32. The maximum atomic E-state index is 3.58. The first-order valence-corrected chi connectivity index (χ1v) is 7.89. The van der Waals surface area contributed by atoms with Gasteiger partial charge >= 0.3 is 0 Å². The Balaban J connectivity index is 1.71. The lowest BCUT2D eigenvalue weighted by atomic mass is 9.93. The van der Waals surface area contributed by atoms with Crippen molar-refractivity contribution in [3.8, 4) is 0 Å². The molecule has 2 nitrogen and oxygen atoms in total. The largest absolute Gasteiger partial charge is 0.384 e. The number of hydrogen-bond donors (Lipinski definition) is 1. The average molecular weight is 280 g/mol. The molecule has 110 valence electrons. The maximum Gasteiger partial charge on any atom is 0.0372 e. The van der Waals surface area contributed by atoms with Crippen molar-refractivity contribution in [1.29, 1.82) is 0 Å². The SMILES string of the molecule is CCN(CC1CNc2ccccc2C1)c1cccc(C)c1. The van der Waals surface area contributed by atoms with E-state index in [1.807, 2.05) is 0 Å². The van der Waals surface area contributed by atoms with Gasteiger partial charge in [-0.25, -0.2) is 0 Å². The standard InChI is InChI=1S/C19H24N2/c1-3-21(18-9-6-7-15(2)11-18)14-16-12-17-8-4-5-10-19(17)20-13-16/h4-11,16,20H,3,12-14H2,1-2H3. The minimum Gasteiger partial charge on any atom is -0.384 e. The minimum atomic E-state index is 0.667. The maximum absolute atomic E-state index is 3.58. The second-order valence-electron chi connectivity index (χ2n) is 5.99. The predicted octanol–water partition coefficient (Wildman–Crippen LogP) is 4.11. The Hall–Kier alpha value is -1.96. The molecule has 2 heteroatoms. The van der Waals surface area contributed by atoms with Crippen LogP contribution >= 0.6 is 0 Å². The summed E-state index contributed by atoms with van der Waals surface area (Å²) in [6.07, 6.45) is 1.17. The van der Waals surface area contributed by atoms with Crippen LogP contribution in [0.25, 0.3) is 0 Å². The average Bonchev–Trinajstić information content (AvgIpc) is 2.52. The van der Waals surface area contributed by atoms with Crippen LogP contribution in [0.15, 0.2) is 48.5 Å². The molecule has 1 aliphatic heterocycles. The third kappa shape index (κ3) is 3.21. The van der Waals surface area contributed by atoms with E-state index in [-0.39, 0.29) is 0 Å². The van der Waals surface area contributed by atoms with Crippen LogP contribution in [0.2, 0.25) is 0 Å². The second-order valence-corrected chi connectivity index (χ2v) is 5.99. The van der Waals surface area contributed by atoms with Gasteiger partial charge in [0.05, 0.1) is 0 Å². The van der Waals surface area contributed by atoms with Gasteiger partial charge in [-0.2, -0.15) is 0 Å². The summed E-state index contributed by atoms with van der Waals surface area (Å²) in [5.41, 5.74) is 5.44. The quantitative estimate of drug-likeness (QED) is 0.907. The number of nitrogens with zero attached hydrogens (tertiary/aromatic N) is 1. The minimum absolute atomic E-state index is 0.667. The molecule has 1 heterocycles. The Labute approximate surface area is 127 Å². The van der Waals surface area contributed by atoms with Crippen molar-refractivity contribution in [3.63, 3.8) is 0 Å². The fraction of sp³-hybridized carbons (Fsp3) is 0.368. The highest BCUT2D eigenvalue weighted by Gasteiger charge is 2.20. The van der Waals surface area contributed by atoms with E-state index >= 15 is 0 Å². The molecule has 2 aromatic carbocycles. The lowest BCUT2D eigenvalue weighted by Crippen LogP contribution is -2.35. The summed E-state index contributed by atoms with van der Waals surface area (Å²) < 4.78 is 0. The molecule has 2 aromatic rings. The number of rotatable bonds is 4. The molecule has 0 bridgehead atoms. The lowest BCUT2D eigenvalue weighted by molar-refractivity contribution is 0.526. The molecule has 1 aliphatic rings. The van der Waals surface area contributed by atoms with Crippen LogP contribution in [0.3, 0.4) is 0 Å². The topological polar surface area (TPSA) is 15.3 Å². The zero-order chi connectivity index (χ0) is 14.7. The first kappa shape index (κ1) is 14.0. The van der Waals surface area contributed by atoms with E-state index in [1.54, 1.807) is 0 Å². The summed E-state index contributed by atoms with van der Waals surface area (Å²) in [7, 11) is 0. The molecule has 1 unspecified atom stereocenters. The number of nitrogens with one attached hydrogen (secondary N) is 1. The second kappa shape index (κ2) is 6.21. The summed E-state index contributed by atoms with van der Waals surface area (Å²) in [5.74, 6) is 0.667. The molecule has 3 rings (SSSR count). The number of anilines is 2. The summed E-state index contributed by atoms with van der Waals surface area (Å²) in [4.78, 5) is 2.49. The Morgan fingerprint density at radius 1 is 1.14 bits per heavy atom. The Kier molecular flexibility index (Phi) is 4.14. The van der Waals surface area contributed by atoms with Gasteiger partial charge in [0.15, 0.2) is 0 Å². The summed E-state index contributed by atoms with van der Waals surface area (Å²) in [6.45, 7) is 7.64. The van der Waals surface area contributed by atoms with Crippen molar-refractivity contribution >= 4 is 11.4 Å². The van der Waals surface area contributed by atoms with Gasteiger partial charge in [-0.05, 0) is 55.5 Å². The van der Waals surface area contributed by atoms with Gasteiger partial charge < -0.3 is 10.2 Å². The van der Waals surface area contributed by atoms with Crippen LogP contribution in [0.4, 0.5) is 11.4 Å². The molecular formula is C19H24N2. The molecule has 0 aliphatic carbocycles. The molecule has 0 saturated carbocycles. The van der Waals surface area contributed by atoms with Crippen LogP contribution in [-0.2, 0) is 6.42 Å². The van der Waals surface area contributed by atoms with Crippen LogP contribution in [-0.4, -0.2) is 19.6 Å². The number of para-hydroxylation sites is 1. The molecule has 1 atom stereocenters. The molecule has 0 radical (unpaired) electrons. The first-order valence-electron chi connectivity index (χ1n) is 7.89. The van der Waals surface area contributed by atoms with Gasteiger partial charge in [0.25, 0.3) is 0 Å². The molecule has 0 saturated heterocycles. The fourth-order valence-corrected chi connectivity index (χ4v) is 3.19. The third-order valence-electron chi connectivity index (χ3n) is 4.33. The summed E-state index contributed by atoms with van der Waals surface area (Å²) >= 11 is 0. The normalized spacial score (nSPS) is 17.0. The number of fused-ring (bicyclic) bond motifs is 1. The Morgan fingerprint density at radius 2 is 2.00 bits per heavy atom. The Bertz CT molecular complexity index is 606. The van der Waals surface area contributed by atoms with Crippen LogP contribution in [0, 0.1) is 12.8 Å². The zero-order valence-electron chi connectivity index (χ0n) is 13.0. The Morgan fingerprint density at radius 3 is 2.81 bits per heavy atom. The van der Waals surface area contributed by atoms with E-state index in [0.717, 1.165) is 19.6 Å². The van der Waals surface area contributed by atoms with Crippen molar-refractivity contribution in [2.24, 2.45) is 5.92 Å². The van der Waals surface area contributed by atoms with Crippen LogP contribution in [0.1, 0.15) is 18.1 Å². The highest BCUT2D eigenvalue weighted by atomic mass is 15.1. The summed E-state index contributed by atoms with van der Waals surface area (Å²) in [6, 6.07) is 17.5. The molecule has 21 heavy (non-hydrogen) atoms. The first-order chi connectivity index (χ1) is 10.3. The number of hydrogen-bond acceptors (Lipinski definition) is 2. The van der Waals surface area contributed by atoms with Gasteiger partial charge in [0.2, 0.25) is 0 Å². The predicted molar refractivity (Wildman–Crippen MR) is 91.2 cm³/mol. The number of benzene rings is 2. The van der Waals surface area contributed by atoms with Crippen molar-refractivity contribution in [1.82, 2.24) is 0 Å². The molecule has 0 spiro atoms. The monoisotopic (exact) mass is 280 g/mol. The number of aryl methyl sites for hydroxylation is 1. The van der Waals surface area contributed by atoms with Gasteiger partial charge in [-0.1, -0.05) is 30.3 Å². The highest BCUT2D eigenvalue weighted by Crippen LogP contribution is 2.26. The van der Waals surface area contributed by atoms with Gasteiger partial charge in [0, 0.05) is 31.0 Å².